The van der Waals surface area contributed by atoms with Crippen LogP contribution in [0.2, 0.25) is 0 Å². The Bertz CT molecular complexity index is 573. The molecule has 0 aliphatic carbocycles. The van der Waals surface area contributed by atoms with E-state index in [1.165, 1.54) is 6.26 Å². The fourth-order valence-electron chi connectivity index (χ4n) is 1.44. The molecule has 1 aromatic rings. The lowest BCUT2D eigenvalue weighted by Gasteiger charge is -2.01. The fourth-order valence-corrected chi connectivity index (χ4v) is 1.44. The molecule has 1 aromatic heterocycles. The molecule has 92 valence electrons. The summed E-state index contributed by atoms with van der Waals surface area (Å²) in [6.45, 7) is 0.295. The fraction of sp³-hybridized carbons (Fsp3) is 0.200. The molecule has 18 heavy (non-hydrogen) atoms. The summed E-state index contributed by atoms with van der Waals surface area (Å²) >= 11 is 0. The number of nitrogens with zero attached hydrogens (tertiary/aromatic N) is 2. The highest BCUT2D eigenvalue weighted by Crippen LogP contribution is 2.20. The van der Waals surface area contributed by atoms with Crippen LogP contribution in [0, 0.1) is 0 Å². The highest BCUT2D eigenvalue weighted by molar-refractivity contribution is 6.14. The minimum absolute atomic E-state index is 0.245. The molecule has 0 N–H and O–H groups in total. The van der Waals surface area contributed by atoms with Gasteiger partial charge in [0.25, 0.3) is 17.6 Å². The molecule has 1 unspecified atom stereocenters. The quantitative estimate of drug-likeness (QED) is 0.426. The lowest BCUT2D eigenvalue weighted by molar-refractivity contribution is -0.209. The van der Waals surface area contributed by atoms with E-state index in [2.05, 4.69) is 14.9 Å². The maximum atomic E-state index is 11.8. The van der Waals surface area contributed by atoms with Crippen molar-refractivity contribution >= 4 is 23.9 Å². The summed E-state index contributed by atoms with van der Waals surface area (Å²) in [7, 11) is 0. The first-order valence-corrected chi connectivity index (χ1v) is 4.97. The maximum absolute atomic E-state index is 11.8. The second kappa shape index (κ2) is 4.08. The van der Waals surface area contributed by atoms with Gasteiger partial charge in [0, 0.05) is 0 Å². The van der Waals surface area contributed by atoms with Crippen LogP contribution < -0.4 is 0 Å². The van der Waals surface area contributed by atoms with Crippen LogP contribution in [0.3, 0.4) is 0 Å². The molecular formula is C10H6N2O6. The third kappa shape index (κ3) is 1.68. The number of ether oxygens (including phenoxy) is 1. The van der Waals surface area contributed by atoms with Crippen molar-refractivity contribution in [2.75, 3.05) is 6.61 Å². The van der Waals surface area contributed by atoms with Gasteiger partial charge in [-0.3, -0.25) is 9.59 Å². The number of hydrogen-bond donors (Lipinski definition) is 0. The topological polar surface area (TPSA) is 100 Å². The van der Waals surface area contributed by atoms with Crippen molar-refractivity contribution in [2.24, 2.45) is 4.99 Å². The molecule has 0 bridgehead atoms. The average molecular weight is 250 g/mol. The Hall–Kier alpha value is -2.48. The maximum Gasteiger partial charge on any atom is 0.297 e. The van der Waals surface area contributed by atoms with Crippen molar-refractivity contribution in [3.8, 4) is 0 Å². The molecule has 8 heteroatoms. The van der Waals surface area contributed by atoms with Crippen molar-refractivity contribution in [1.29, 1.82) is 0 Å². The van der Waals surface area contributed by atoms with Crippen molar-refractivity contribution in [1.82, 2.24) is 4.98 Å². The van der Waals surface area contributed by atoms with Crippen LogP contribution >= 0.6 is 0 Å². The van der Waals surface area contributed by atoms with Crippen LogP contribution in [0.25, 0.3) is 5.76 Å². The molecule has 1 atom stereocenters. The normalized spacial score (nSPS) is 21.7. The molecule has 1 amide bonds. The van der Waals surface area contributed by atoms with Gasteiger partial charge in [0.2, 0.25) is 6.10 Å². The van der Waals surface area contributed by atoms with E-state index in [0.717, 1.165) is 6.40 Å². The van der Waals surface area contributed by atoms with Gasteiger partial charge in [0.15, 0.2) is 12.2 Å². The van der Waals surface area contributed by atoms with Crippen LogP contribution in [0.1, 0.15) is 16.4 Å². The lowest BCUT2D eigenvalue weighted by Crippen LogP contribution is -2.27. The highest BCUT2D eigenvalue weighted by Gasteiger charge is 2.35. The second-order valence-electron chi connectivity index (χ2n) is 3.43. The van der Waals surface area contributed by atoms with Gasteiger partial charge in [-0.1, -0.05) is 0 Å². The number of rotatable bonds is 3. The van der Waals surface area contributed by atoms with E-state index in [0.29, 0.717) is 18.1 Å². The van der Waals surface area contributed by atoms with Gasteiger partial charge in [0.05, 0.1) is 0 Å². The summed E-state index contributed by atoms with van der Waals surface area (Å²) in [6.07, 6.45) is 2.47. The number of carbonyl (C=O) groups excluding carboxylic acids is 2. The number of carbonyl (C=O) groups is 2. The van der Waals surface area contributed by atoms with Crippen LogP contribution in [0.4, 0.5) is 0 Å². The summed E-state index contributed by atoms with van der Waals surface area (Å²) in [6, 6.07) is 0. The van der Waals surface area contributed by atoms with Crippen LogP contribution in [0.5, 0.6) is 0 Å². The SMILES string of the molecule is O=C1N=COC1C(=O)c1nc(C2=CCOO2)co1. The third-order valence-corrected chi connectivity index (χ3v) is 2.29. The van der Waals surface area contributed by atoms with E-state index in [1.807, 2.05) is 0 Å². The zero-order valence-corrected chi connectivity index (χ0v) is 8.86. The standard InChI is InChI=1S/C10H6N2O6/c13-7(8-9(14)11-4-16-8)10-12-5(3-15-10)6-1-2-17-18-6/h1,3-4,8H,2H2. The van der Waals surface area contributed by atoms with Crippen LogP contribution in [-0.4, -0.2) is 35.8 Å². The number of ketones is 1. The minimum Gasteiger partial charge on any atom is -0.461 e. The molecule has 0 radical (unpaired) electrons. The summed E-state index contributed by atoms with van der Waals surface area (Å²) in [5.74, 6) is -1.26. The number of aliphatic imine (C=N–C) groups is 1. The Labute approximate surface area is 99.8 Å². The number of hydrogen-bond acceptors (Lipinski definition) is 7. The predicted octanol–water partition coefficient (Wildman–Crippen LogP) is 0.114. The molecule has 0 saturated heterocycles. The molecule has 2 aliphatic heterocycles. The van der Waals surface area contributed by atoms with E-state index in [-0.39, 0.29) is 5.89 Å². The van der Waals surface area contributed by atoms with Gasteiger partial charge < -0.3 is 14.0 Å². The smallest absolute Gasteiger partial charge is 0.297 e. The number of oxazole rings is 1. The Kier molecular flexibility index (Phi) is 2.41. The van der Waals surface area contributed by atoms with Gasteiger partial charge in [0.1, 0.15) is 18.6 Å². The molecule has 0 spiro atoms. The molecular weight excluding hydrogens is 244 g/mol. The van der Waals surface area contributed by atoms with Crippen molar-refractivity contribution in [2.45, 2.75) is 6.10 Å². The van der Waals surface area contributed by atoms with Crippen molar-refractivity contribution in [3.63, 3.8) is 0 Å². The van der Waals surface area contributed by atoms with Gasteiger partial charge in [-0.2, -0.15) is 9.88 Å². The van der Waals surface area contributed by atoms with Crippen molar-refractivity contribution in [3.05, 3.63) is 23.9 Å². The first kappa shape index (κ1) is 10.7. The minimum atomic E-state index is -1.31. The van der Waals surface area contributed by atoms with E-state index in [9.17, 15) is 9.59 Å². The van der Waals surface area contributed by atoms with Crippen molar-refractivity contribution < 1.29 is 28.5 Å². The molecule has 3 rings (SSSR count). The largest absolute Gasteiger partial charge is 0.461 e. The molecule has 3 heterocycles. The van der Waals surface area contributed by atoms with E-state index < -0.39 is 17.8 Å². The summed E-state index contributed by atoms with van der Waals surface area (Å²) in [5.41, 5.74) is 0.308. The molecule has 0 saturated carbocycles. The van der Waals surface area contributed by atoms with Gasteiger partial charge in [-0.15, -0.1) is 0 Å². The van der Waals surface area contributed by atoms with Gasteiger partial charge in [-0.05, 0) is 6.08 Å². The lowest BCUT2D eigenvalue weighted by atomic mass is 10.2. The summed E-state index contributed by atoms with van der Waals surface area (Å²) in [5, 5.41) is 0. The van der Waals surface area contributed by atoms with E-state index in [4.69, 9.17) is 14.0 Å². The zero-order valence-electron chi connectivity index (χ0n) is 8.86. The molecule has 0 aromatic carbocycles. The third-order valence-electron chi connectivity index (χ3n) is 2.29. The van der Waals surface area contributed by atoms with Gasteiger partial charge in [-0.25, -0.2) is 4.98 Å². The molecule has 2 aliphatic rings. The zero-order chi connectivity index (χ0) is 12.5. The molecule has 8 nitrogen and oxygen atoms in total. The number of aromatic nitrogens is 1. The van der Waals surface area contributed by atoms with E-state index in [1.54, 1.807) is 6.08 Å². The first-order valence-electron chi connectivity index (χ1n) is 4.97. The Morgan fingerprint density at radius 2 is 2.33 bits per heavy atom. The average Bonchev–Trinajstić information content (AvgIpc) is 3.09. The Morgan fingerprint density at radius 1 is 1.44 bits per heavy atom. The predicted molar refractivity (Wildman–Crippen MR) is 54.2 cm³/mol. The summed E-state index contributed by atoms with van der Waals surface area (Å²) < 4.78 is 9.73. The number of Topliss-reactive ketones (excluding diaryl/α,β-unsaturated/α-hetero) is 1. The Morgan fingerprint density at radius 3 is 3.00 bits per heavy atom. The monoisotopic (exact) mass is 250 g/mol. The first-order chi connectivity index (χ1) is 8.75. The van der Waals surface area contributed by atoms with Gasteiger partial charge >= 0.3 is 0 Å². The number of amides is 1. The van der Waals surface area contributed by atoms with Crippen LogP contribution in [0.15, 0.2) is 21.7 Å². The Balaban J connectivity index is 1.81. The second-order valence-corrected chi connectivity index (χ2v) is 3.43. The molecule has 0 fully saturated rings. The highest BCUT2D eigenvalue weighted by atomic mass is 17.2. The summed E-state index contributed by atoms with van der Waals surface area (Å²) in [4.78, 5) is 39.6. The van der Waals surface area contributed by atoms with E-state index >= 15 is 0 Å². The van der Waals surface area contributed by atoms with Crippen LogP contribution in [-0.2, 0) is 19.3 Å².